The lowest BCUT2D eigenvalue weighted by molar-refractivity contribution is 0.306. The average molecular weight is 333 g/mol. The van der Waals surface area contributed by atoms with Crippen LogP contribution in [0.15, 0.2) is 45.6 Å². The van der Waals surface area contributed by atoms with Crippen LogP contribution in [0.5, 0.6) is 5.75 Å². The summed E-state index contributed by atoms with van der Waals surface area (Å²) in [5.41, 5.74) is 2.90. The Morgan fingerprint density at radius 2 is 1.87 bits per heavy atom. The minimum absolute atomic E-state index is 0.135. The van der Waals surface area contributed by atoms with E-state index in [-0.39, 0.29) is 11.6 Å². The zero-order valence-electron chi connectivity index (χ0n) is 12.7. The highest BCUT2D eigenvalue weighted by Crippen LogP contribution is 2.27. The number of fused-ring (bicyclic) bond motifs is 1. The van der Waals surface area contributed by atoms with Crippen molar-refractivity contribution in [2.45, 2.75) is 20.5 Å². The maximum absolute atomic E-state index is 13.1. The first-order valence-corrected chi connectivity index (χ1v) is 7.43. The summed E-state index contributed by atoms with van der Waals surface area (Å²) in [6.07, 6.45) is 0. The van der Waals surface area contributed by atoms with Crippen molar-refractivity contribution in [3.63, 3.8) is 0 Å². The Balaban J connectivity index is 1.99. The Labute approximate surface area is 137 Å². The molecule has 0 aliphatic carbocycles. The van der Waals surface area contributed by atoms with Gasteiger partial charge in [-0.05, 0) is 55.3 Å². The summed E-state index contributed by atoms with van der Waals surface area (Å²) in [4.78, 5) is 11.7. The number of hydrogen-bond acceptors (Lipinski definition) is 3. The molecule has 3 rings (SSSR count). The van der Waals surface area contributed by atoms with Crippen molar-refractivity contribution in [1.82, 2.24) is 0 Å². The maximum atomic E-state index is 13.1. The Hall–Kier alpha value is -2.33. The summed E-state index contributed by atoms with van der Waals surface area (Å²) >= 11 is 5.95. The van der Waals surface area contributed by atoms with E-state index in [0.29, 0.717) is 16.9 Å². The minimum atomic E-state index is -0.440. The van der Waals surface area contributed by atoms with Crippen LogP contribution >= 0.6 is 11.6 Å². The van der Waals surface area contributed by atoms with Crippen LogP contribution in [0.1, 0.15) is 16.7 Å². The van der Waals surface area contributed by atoms with Gasteiger partial charge in [-0.25, -0.2) is 9.18 Å². The molecule has 118 valence electrons. The second kappa shape index (κ2) is 6.05. The standard InChI is InChI=1S/C18H14ClFO3/c1-10-5-14-12(7-18(21)23-17(14)6-11(10)2)9-22-16-4-3-13(20)8-15(16)19/h3-8H,9H2,1-2H3. The zero-order valence-corrected chi connectivity index (χ0v) is 13.4. The van der Waals surface area contributed by atoms with E-state index in [2.05, 4.69) is 0 Å². The maximum Gasteiger partial charge on any atom is 0.336 e. The summed E-state index contributed by atoms with van der Waals surface area (Å²) in [6, 6.07) is 9.10. The molecule has 0 saturated carbocycles. The molecule has 0 amide bonds. The summed E-state index contributed by atoms with van der Waals surface area (Å²) in [5, 5.41) is 0.996. The predicted octanol–water partition coefficient (Wildman–Crippen LogP) is 4.78. The molecule has 5 heteroatoms. The molecule has 2 aromatic carbocycles. The first-order chi connectivity index (χ1) is 10.9. The smallest absolute Gasteiger partial charge is 0.336 e. The van der Waals surface area contributed by atoms with Gasteiger partial charge in [-0.3, -0.25) is 0 Å². The van der Waals surface area contributed by atoms with Crippen molar-refractivity contribution in [3.8, 4) is 5.75 Å². The third kappa shape index (κ3) is 3.22. The summed E-state index contributed by atoms with van der Waals surface area (Å²) in [5.74, 6) is -0.0717. The van der Waals surface area contributed by atoms with Gasteiger partial charge in [0.05, 0.1) is 5.02 Å². The summed E-state index contributed by atoms with van der Waals surface area (Å²) in [7, 11) is 0. The van der Waals surface area contributed by atoms with Crippen LogP contribution in [0.2, 0.25) is 5.02 Å². The molecule has 0 aliphatic rings. The predicted molar refractivity (Wildman–Crippen MR) is 87.7 cm³/mol. The fourth-order valence-electron chi connectivity index (χ4n) is 2.35. The molecule has 0 fully saturated rings. The molecule has 0 spiro atoms. The lowest BCUT2D eigenvalue weighted by Crippen LogP contribution is -2.05. The van der Waals surface area contributed by atoms with Crippen molar-refractivity contribution in [2.24, 2.45) is 0 Å². The molecule has 0 unspecified atom stereocenters. The van der Waals surface area contributed by atoms with Crippen LogP contribution in [0.3, 0.4) is 0 Å². The number of halogens is 2. The Morgan fingerprint density at radius 3 is 2.61 bits per heavy atom. The van der Waals surface area contributed by atoms with E-state index < -0.39 is 11.4 Å². The number of ether oxygens (including phenoxy) is 1. The van der Waals surface area contributed by atoms with E-state index >= 15 is 0 Å². The van der Waals surface area contributed by atoms with E-state index in [1.807, 2.05) is 26.0 Å². The van der Waals surface area contributed by atoms with Crippen molar-refractivity contribution in [3.05, 3.63) is 74.3 Å². The quantitative estimate of drug-likeness (QED) is 0.648. The number of rotatable bonds is 3. The zero-order chi connectivity index (χ0) is 16.6. The van der Waals surface area contributed by atoms with Crippen LogP contribution in [0.4, 0.5) is 4.39 Å². The van der Waals surface area contributed by atoms with Crippen molar-refractivity contribution in [1.29, 1.82) is 0 Å². The number of aryl methyl sites for hydroxylation is 2. The highest BCUT2D eigenvalue weighted by molar-refractivity contribution is 6.32. The SMILES string of the molecule is Cc1cc2oc(=O)cc(COc3ccc(F)cc3Cl)c2cc1C. The van der Waals surface area contributed by atoms with Gasteiger partial charge in [-0.15, -0.1) is 0 Å². The molecule has 0 radical (unpaired) electrons. The summed E-state index contributed by atoms with van der Waals surface area (Å²) < 4.78 is 23.9. The van der Waals surface area contributed by atoms with Crippen molar-refractivity contribution in [2.75, 3.05) is 0 Å². The number of hydrogen-bond donors (Lipinski definition) is 0. The van der Waals surface area contributed by atoms with E-state index in [4.69, 9.17) is 20.8 Å². The van der Waals surface area contributed by atoms with Crippen LogP contribution in [-0.4, -0.2) is 0 Å². The third-order valence-electron chi connectivity index (χ3n) is 3.72. The molecular weight excluding hydrogens is 319 g/mol. The third-order valence-corrected chi connectivity index (χ3v) is 4.02. The van der Waals surface area contributed by atoms with Crippen LogP contribution in [-0.2, 0) is 6.61 Å². The molecule has 0 bridgehead atoms. The molecule has 0 atom stereocenters. The van der Waals surface area contributed by atoms with Gasteiger partial charge in [0.2, 0.25) is 0 Å². The van der Waals surface area contributed by atoms with E-state index in [0.717, 1.165) is 16.5 Å². The molecule has 0 aliphatic heterocycles. The second-order valence-electron chi connectivity index (χ2n) is 5.39. The minimum Gasteiger partial charge on any atom is -0.487 e. The Kier molecular flexibility index (Phi) is 4.09. The Morgan fingerprint density at radius 1 is 1.13 bits per heavy atom. The van der Waals surface area contributed by atoms with Crippen molar-refractivity contribution < 1.29 is 13.5 Å². The molecule has 3 nitrogen and oxygen atoms in total. The van der Waals surface area contributed by atoms with Gasteiger partial charge >= 0.3 is 5.63 Å². The molecule has 1 aromatic heterocycles. The molecule has 0 N–H and O–H groups in total. The van der Waals surface area contributed by atoms with Gasteiger partial charge in [-0.1, -0.05) is 11.6 Å². The topological polar surface area (TPSA) is 39.4 Å². The van der Waals surface area contributed by atoms with Gasteiger partial charge in [0.25, 0.3) is 0 Å². The normalized spacial score (nSPS) is 11.0. The lowest BCUT2D eigenvalue weighted by atomic mass is 10.0. The lowest BCUT2D eigenvalue weighted by Gasteiger charge is -2.11. The van der Waals surface area contributed by atoms with Crippen LogP contribution in [0.25, 0.3) is 11.0 Å². The van der Waals surface area contributed by atoms with Gasteiger partial charge in [0, 0.05) is 17.0 Å². The van der Waals surface area contributed by atoms with Gasteiger partial charge < -0.3 is 9.15 Å². The average Bonchev–Trinajstić information content (AvgIpc) is 2.48. The van der Waals surface area contributed by atoms with Crippen LogP contribution < -0.4 is 10.4 Å². The fraction of sp³-hybridized carbons (Fsp3) is 0.167. The summed E-state index contributed by atoms with van der Waals surface area (Å²) in [6.45, 7) is 4.08. The van der Waals surface area contributed by atoms with Crippen LogP contribution in [0, 0.1) is 19.7 Å². The fourth-order valence-corrected chi connectivity index (χ4v) is 2.57. The van der Waals surface area contributed by atoms with E-state index in [1.165, 1.54) is 24.3 Å². The number of benzene rings is 2. The molecule has 3 aromatic rings. The van der Waals surface area contributed by atoms with Gasteiger partial charge in [-0.2, -0.15) is 0 Å². The van der Waals surface area contributed by atoms with E-state index in [1.54, 1.807) is 0 Å². The molecule has 1 heterocycles. The largest absolute Gasteiger partial charge is 0.487 e. The first kappa shape index (κ1) is 15.6. The van der Waals surface area contributed by atoms with Gasteiger partial charge in [0.1, 0.15) is 23.8 Å². The van der Waals surface area contributed by atoms with E-state index in [9.17, 15) is 9.18 Å². The molecule has 0 saturated heterocycles. The van der Waals surface area contributed by atoms with Gasteiger partial charge in [0.15, 0.2) is 0 Å². The Bertz CT molecular complexity index is 947. The molecule has 23 heavy (non-hydrogen) atoms. The van der Waals surface area contributed by atoms with Crippen molar-refractivity contribution >= 4 is 22.6 Å². The molecular formula is C18H14ClFO3. The second-order valence-corrected chi connectivity index (χ2v) is 5.79. The highest BCUT2D eigenvalue weighted by Gasteiger charge is 2.10. The monoisotopic (exact) mass is 332 g/mol. The highest BCUT2D eigenvalue weighted by atomic mass is 35.5. The first-order valence-electron chi connectivity index (χ1n) is 7.06.